The number of rotatable bonds is 5. The SMILES string of the molecule is COc1cccc(-c2ccc3cc(C(=O)N4CCC(N(C)C)C4)c(-c4cocn4)n3c2)c1. The lowest BCUT2D eigenvalue weighted by Crippen LogP contribution is -2.34. The summed E-state index contributed by atoms with van der Waals surface area (Å²) >= 11 is 0. The third-order valence-electron chi connectivity index (χ3n) is 6.26. The van der Waals surface area contributed by atoms with Crippen molar-refractivity contribution in [2.75, 3.05) is 34.3 Å². The Bertz CT molecular complexity index is 1260. The average molecular weight is 431 g/mol. The molecule has 0 aliphatic carbocycles. The second-order valence-corrected chi connectivity index (χ2v) is 8.38. The van der Waals surface area contributed by atoms with Crippen LogP contribution in [0.15, 0.2) is 65.7 Å². The third kappa shape index (κ3) is 3.54. The number of amides is 1. The van der Waals surface area contributed by atoms with E-state index in [0.717, 1.165) is 47.6 Å². The van der Waals surface area contributed by atoms with Crippen molar-refractivity contribution in [2.24, 2.45) is 0 Å². The Morgan fingerprint density at radius 3 is 2.78 bits per heavy atom. The number of carbonyl (C=O) groups is 1. The van der Waals surface area contributed by atoms with Gasteiger partial charge in [-0.05, 0) is 55.9 Å². The summed E-state index contributed by atoms with van der Waals surface area (Å²) in [6, 6.07) is 14.3. The molecule has 1 aliphatic heterocycles. The van der Waals surface area contributed by atoms with Gasteiger partial charge in [-0.25, -0.2) is 4.98 Å². The minimum Gasteiger partial charge on any atom is -0.497 e. The molecule has 1 unspecified atom stereocenters. The summed E-state index contributed by atoms with van der Waals surface area (Å²) in [5.74, 6) is 0.825. The van der Waals surface area contributed by atoms with Gasteiger partial charge in [0.1, 0.15) is 17.7 Å². The molecule has 0 spiro atoms. The van der Waals surface area contributed by atoms with Gasteiger partial charge in [-0.3, -0.25) is 4.79 Å². The summed E-state index contributed by atoms with van der Waals surface area (Å²) in [5.41, 5.74) is 5.01. The quantitative estimate of drug-likeness (QED) is 0.478. The maximum Gasteiger partial charge on any atom is 0.256 e. The molecule has 7 heteroatoms. The Hall–Kier alpha value is -3.58. The van der Waals surface area contributed by atoms with Gasteiger partial charge in [0.2, 0.25) is 0 Å². The molecule has 0 N–H and O–H groups in total. The number of likely N-dealkylation sites (tertiary alicyclic amines) is 1. The van der Waals surface area contributed by atoms with Gasteiger partial charge in [-0.15, -0.1) is 0 Å². The van der Waals surface area contributed by atoms with Gasteiger partial charge in [-0.1, -0.05) is 18.2 Å². The predicted molar refractivity (Wildman–Crippen MR) is 123 cm³/mol. The largest absolute Gasteiger partial charge is 0.497 e. The molecule has 4 heterocycles. The van der Waals surface area contributed by atoms with E-state index in [0.29, 0.717) is 17.3 Å². The number of benzene rings is 1. The molecule has 1 saturated heterocycles. The summed E-state index contributed by atoms with van der Waals surface area (Å²) in [5, 5.41) is 0. The van der Waals surface area contributed by atoms with Gasteiger partial charge in [0.25, 0.3) is 5.91 Å². The van der Waals surface area contributed by atoms with E-state index in [1.807, 2.05) is 51.9 Å². The van der Waals surface area contributed by atoms with Crippen LogP contribution in [-0.4, -0.2) is 65.4 Å². The molecule has 1 atom stereocenters. The van der Waals surface area contributed by atoms with Crippen molar-refractivity contribution in [1.82, 2.24) is 19.2 Å². The lowest BCUT2D eigenvalue weighted by Gasteiger charge is -2.20. The van der Waals surface area contributed by atoms with E-state index in [-0.39, 0.29) is 5.91 Å². The van der Waals surface area contributed by atoms with E-state index in [1.54, 1.807) is 13.4 Å². The van der Waals surface area contributed by atoms with Crippen LogP contribution in [0.1, 0.15) is 16.8 Å². The smallest absolute Gasteiger partial charge is 0.256 e. The fourth-order valence-electron chi connectivity index (χ4n) is 4.41. The topological polar surface area (TPSA) is 63.2 Å². The zero-order valence-electron chi connectivity index (χ0n) is 18.5. The molecule has 5 rings (SSSR count). The second-order valence-electron chi connectivity index (χ2n) is 8.38. The minimum atomic E-state index is 0.0268. The third-order valence-corrected chi connectivity index (χ3v) is 6.26. The van der Waals surface area contributed by atoms with Crippen molar-refractivity contribution in [2.45, 2.75) is 12.5 Å². The Morgan fingerprint density at radius 1 is 1.19 bits per heavy atom. The van der Waals surface area contributed by atoms with E-state index >= 15 is 0 Å². The van der Waals surface area contributed by atoms with E-state index in [1.165, 1.54) is 6.39 Å². The maximum absolute atomic E-state index is 13.6. The first-order valence-electron chi connectivity index (χ1n) is 10.7. The van der Waals surface area contributed by atoms with Crippen molar-refractivity contribution in [3.8, 4) is 28.3 Å². The molecular formula is C25H26N4O3. The number of likely N-dealkylation sites (N-methyl/N-ethyl adjacent to an activating group) is 1. The van der Waals surface area contributed by atoms with Gasteiger partial charge in [0.05, 0.1) is 18.4 Å². The highest BCUT2D eigenvalue weighted by Gasteiger charge is 2.31. The number of ether oxygens (including phenoxy) is 1. The number of nitrogens with zero attached hydrogens (tertiary/aromatic N) is 4. The summed E-state index contributed by atoms with van der Waals surface area (Å²) in [6.45, 7) is 1.48. The Labute approximate surface area is 186 Å². The van der Waals surface area contributed by atoms with Gasteiger partial charge in [0, 0.05) is 30.8 Å². The van der Waals surface area contributed by atoms with Crippen LogP contribution in [0, 0.1) is 0 Å². The zero-order chi connectivity index (χ0) is 22.2. The molecule has 4 aromatic rings. The van der Waals surface area contributed by atoms with Crippen LogP contribution in [0.25, 0.3) is 28.0 Å². The second kappa shape index (κ2) is 8.16. The van der Waals surface area contributed by atoms with Crippen LogP contribution in [0.2, 0.25) is 0 Å². The van der Waals surface area contributed by atoms with Crippen LogP contribution in [0.5, 0.6) is 5.75 Å². The molecule has 3 aromatic heterocycles. The van der Waals surface area contributed by atoms with Crippen LogP contribution in [0.4, 0.5) is 0 Å². The highest BCUT2D eigenvalue weighted by molar-refractivity contribution is 6.02. The highest BCUT2D eigenvalue weighted by atomic mass is 16.5. The molecule has 0 saturated carbocycles. The first kappa shape index (κ1) is 20.3. The fraction of sp³-hybridized carbons (Fsp3) is 0.280. The maximum atomic E-state index is 13.6. The van der Waals surface area contributed by atoms with Gasteiger partial charge in [0.15, 0.2) is 6.39 Å². The molecule has 0 bridgehead atoms. The molecule has 1 aliphatic rings. The number of carbonyl (C=O) groups excluding carboxylic acids is 1. The molecule has 1 aromatic carbocycles. The summed E-state index contributed by atoms with van der Waals surface area (Å²) in [7, 11) is 5.78. The van der Waals surface area contributed by atoms with Gasteiger partial charge in [-0.2, -0.15) is 0 Å². The summed E-state index contributed by atoms with van der Waals surface area (Å²) in [4.78, 5) is 22.0. The van der Waals surface area contributed by atoms with Gasteiger partial charge < -0.3 is 23.4 Å². The van der Waals surface area contributed by atoms with Crippen molar-refractivity contribution in [1.29, 1.82) is 0 Å². The predicted octanol–water partition coefficient (Wildman–Crippen LogP) is 4.05. The van der Waals surface area contributed by atoms with Gasteiger partial charge >= 0.3 is 0 Å². The van der Waals surface area contributed by atoms with Crippen molar-refractivity contribution >= 4 is 11.4 Å². The lowest BCUT2D eigenvalue weighted by atomic mass is 10.1. The summed E-state index contributed by atoms with van der Waals surface area (Å²) < 4.78 is 12.7. The minimum absolute atomic E-state index is 0.0268. The normalized spacial score (nSPS) is 16.2. The molecule has 164 valence electrons. The molecule has 7 nitrogen and oxygen atoms in total. The number of hydrogen-bond donors (Lipinski definition) is 0. The Balaban J connectivity index is 1.61. The lowest BCUT2D eigenvalue weighted by molar-refractivity contribution is 0.0784. The Kier molecular flexibility index (Phi) is 5.19. The number of oxazole rings is 1. The first-order valence-corrected chi connectivity index (χ1v) is 10.7. The van der Waals surface area contributed by atoms with Crippen molar-refractivity contribution in [3.05, 3.63) is 66.9 Å². The number of aromatic nitrogens is 2. The first-order chi connectivity index (χ1) is 15.5. The van der Waals surface area contributed by atoms with E-state index < -0.39 is 0 Å². The van der Waals surface area contributed by atoms with Crippen molar-refractivity contribution in [3.63, 3.8) is 0 Å². The zero-order valence-corrected chi connectivity index (χ0v) is 18.5. The number of pyridine rings is 1. The van der Waals surface area contributed by atoms with E-state index in [9.17, 15) is 4.79 Å². The van der Waals surface area contributed by atoms with Crippen LogP contribution >= 0.6 is 0 Å². The van der Waals surface area contributed by atoms with E-state index in [4.69, 9.17) is 9.15 Å². The number of hydrogen-bond acceptors (Lipinski definition) is 5. The average Bonchev–Trinajstić information content (AvgIpc) is 3.57. The monoisotopic (exact) mass is 430 g/mol. The van der Waals surface area contributed by atoms with Crippen molar-refractivity contribution < 1.29 is 13.9 Å². The molecular weight excluding hydrogens is 404 g/mol. The Morgan fingerprint density at radius 2 is 2.06 bits per heavy atom. The van der Waals surface area contributed by atoms with Crippen LogP contribution in [0.3, 0.4) is 0 Å². The molecule has 0 radical (unpaired) electrons. The number of methoxy groups -OCH3 is 1. The fourth-order valence-corrected chi connectivity index (χ4v) is 4.41. The molecule has 1 fully saturated rings. The highest BCUT2D eigenvalue weighted by Crippen LogP contribution is 2.32. The molecule has 1 amide bonds. The van der Waals surface area contributed by atoms with Crippen LogP contribution < -0.4 is 4.74 Å². The number of fused-ring (bicyclic) bond motifs is 1. The van der Waals surface area contributed by atoms with Crippen LogP contribution in [-0.2, 0) is 0 Å². The molecule has 32 heavy (non-hydrogen) atoms. The van der Waals surface area contributed by atoms with E-state index in [2.05, 4.69) is 30.0 Å². The standard InChI is InChI=1S/C25H26N4O3/c1-27(2)20-9-10-28(14-20)25(30)22-12-19-8-7-18(17-5-4-6-21(11-17)31-3)13-29(19)24(22)23-15-32-16-26-23/h4-8,11-13,15-16,20H,9-10,14H2,1-3H3. The summed E-state index contributed by atoms with van der Waals surface area (Å²) in [6.07, 6.45) is 6.00.